The van der Waals surface area contributed by atoms with Gasteiger partial charge >= 0.3 is 5.97 Å². The molecule has 0 saturated carbocycles. The first kappa shape index (κ1) is 10.3. The first-order chi connectivity index (χ1) is 6.56. The number of aromatic nitrogens is 1. The number of H-pyrrole nitrogens is 1. The molecule has 0 bridgehead atoms. The highest BCUT2D eigenvalue weighted by Crippen LogP contribution is 2.10. The molecule has 0 amide bonds. The molecule has 5 nitrogen and oxygen atoms in total. The fraction of sp³-hybridized carbons (Fsp3) is 0.333. The SMILES string of the molecule is CCOC(=O)c1c([O-])cc(C)[nH]c1=O. The maximum absolute atomic E-state index is 11.3. The molecule has 0 radical (unpaired) electrons. The van der Waals surface area contributed by atoms with E-state index in [0.29, 0.717) is 5.69 Å². The molecule has 1 heterocycles. The number of ether oxygens (including phenoxy) is 1. The summed E-state index contributed by atoms with van der Waals surface area (Å²) in [5.41, 5.74) is -0.737. The zero-order chi connectivity index (χ0) is 10.7. The van der Waals surface area contributed by atoms with Crippen LogP contribution in [0, 0.1) is 6.92 Å². The van der Waals surface area contributed by atoms with E-state index in [0.717, 1.165) is 0 Å². The minimum Gasteiger partial charge on any atom is -0.872 e. The van der Waals surface area contributed by atoms with Crippen LogP contribution in [0.1, 0.15) is 23.0 Å². The summed E-state index contributed by atoms with van der Waals surface area (Å²) in [4.78, 5) is 24.7. The van der Waals surface area contributed by atoms with Crippen molar-refractivity contribution in [1.82, 2.24) is 4.98 Å². The molecule has 0 unspecified atom stereocenters. The van der Waals surface area contributed by atoms with Gasteiger partial charge in [0, 0.05) is 5.69 Å². The molecule has 0 fully saturated rings. The van der Waals surface area contributed by atoms with Gasteiger partial charge in [0.2, 0.25) is 0 Å². The number of pyridine rings is 1. The van der Waals surface area contributed by atoms with Crippen molar-refractivity contribution < 1.29 is 14.6 Å². The molecular formula is C9H10NO4-. The van der Waals surface area contributed by atoms with E-state index < -0.39 is 22.8 Å². The molecular weight excluding hydrogens is 186 g/mol. The summed E-state index contributed by atoms with van der Waals surface area (Å²) in [6.45, 7) is 3.30. The Labute approximate surface area is 80.3 Å². The predicted molar refractivity (Wildman–Crippen MR) is 47.2 cm³/mol. The van der Waals surface area contributed by atoms with Crippen LogP contribution in [0.2, 0.25) is 0 Å². The Morgan fingerprint density at radius 2 is 2.29 bits per heavy atom. The van der Waals surface area contributed by atoms with E-state index >= 15 is 0 Å². The third kappa shape index (κ3) is 1.93. The van der Waals surface area contributed by atoms with E-state index in [1.807, 2.05) is 0 Å². The first-order valence-electron chi connectivity index (χ1n) is 4.14. The van der Waals surface area contributed by atoms with Crippen molar-refractivity contribution in [3.63, 3.8) is 0 Å². The normalized spacial score (nSPS) is 9.86. The van der Waals surface area contributed by atoms with Gasteiger partial charge in [0.25, 0.3) is 5.56 Å². The minimum absolute atomic E-state index is 0.131. The lowest BCUT2D eigenvalue weighted by Crippen LogP contribution is -2.22. The Morgan fingerprint density at radius 1 is 1.64 bits per heavy atom. The van der Waals surface area contributed by atoms with Crippen LogP contribution in [0.15, 0.2) is 10.9 Å². The van der Waals surface area contributed by atoms with Crippen LogP contribution in [0.4, 0.5) is 0 Å². The van der Waals surface area contributed by atoms with E-state index in [-0.39, 0.29) is 6.61 Å². The highest BCUT2D eigenvalue weighted by atomic mass is 16.5. The van der Waals surface area contributed by atoms with Crippen molar-refractivity contribution in [2.75, 3.05) is 6.61 Å². The molecule has 1 aromatic heterocycles. The summed E-state index contributed by atoms with van der Waals surface area (Å²) in [6, 6.07) is 1.19. The van der Waals surface area contributed by atoms with Gasteiger partial charge in [-0.15, -0.1) is 0 Å². The molecule has 0 aliphatic carbocycles. The van der Waals surface area contributed by atoms with Gasteiger partial charge in [0.15, 0.2) is 0 Å². The summed E-state index contributed by atoms with van der Waals surface area (Å²) in [6.07, 6.45) is 0. The zero-order valence-corrected chi connectivity index (χ0v) is 7.92. The molecule has 14 heavy (non-hydrogen) atoms. The second-order valence-corrected chi connectivity index (χ2v) is 2.74. The zero-order valence-electron chi connectivity index (χ0n) is 7.92. The molecule has 1 aromatic rings. The van der Waals surface area contributed by atoms with Crippen molar-refractivity contribution in [3.05, 3.63) is 27.7 Å². The van der Waals surface area contributed by atoms with Gasteiger partial charge in [-0.05, 0) is 19.9 Å². The fourth-order valence-electron chi connectivity index (χ4n) is 1.05. The number of aryl methyl sites for hydroxylation is 1. The van der Waals surface area contributed by atoms with Crippen LogP contribution in [-0.4, -0.2) is 17.6 Å². The molecule has 76 valence electrons. The van der Waals surface area contributed by atoms with Crippen molar-refractivity contribution in [2.45, 2.75) is 13.8 Å². The standard InChI is InChI=1S/C9H11NO4/c1-3-14-9(13)7-6(11)4-5(2)10-8(7)12/h4H,3H2,1-2H3,(H2,10,11,12)/p-1. The Hall–Kier alpha value is -1.78. The molecule has 0 aliphatic rings. The van der Waals surface area contributed by atoms with Gasteiger partial charge in [-0.3, -0.25) is 4.79 Å². The van der Waals surface area contributed by atoms with Crippen LogP contribution in [0.25, 0.3) is 0 Å². The van der Waals surface area contributed by atoms with Crippen molar-refractivity contribution in [1.29, 1.82) is 0 Å². The number of hydrogen-bond acceptors (Lipinski definition) is 4. The Balaban J connectivity index is 3.21. The van der Waals surface area contributed by atoms with Crippen molar-refractivity contribution >= 4 is 5.97 Å². The highest BCUT2D eigenvalue weighted by molar-refractivity contribution is 5.91. The maximum atomic E-state index is 11.3. The van der Waals surface area contributed by atoms with Gasteiger partial charge in [-0.1, -0.05) is 5.75 Å². The van der Waals surface area contributed by atoms with Crippen LogP contribution < -0.4 is 10.7 Å². The molecule has 0 atom stereocenters. The number of hydrogen-bond donors (Lipinski definition) is 1. The van der Waals surface area contributed by atoms with Gasteiger partial charge in [0.05, 0.1) is 6.61 Å². The number of rotatable bonds is 2. The average molecular weight is 196 g/mol. The Kier molecular flexibility index (Phi) is 2.91. The third-order valence-corrected chi connectivity index (χ3v) is 1.61. The summed E-state index contributed by atoms with van der Waals surface area (Å²) < 4.78 is 4.57. The Bertz CT molecular complexity index is 408. The van der Waals surface area contributed by atoms with Gasteiger partial charge in [-0.2, -0.15) is 0 Å². The maximum Gasteiger partial charge on any atom is 0.343 e. The lowest BCUT2D eigenvalue weighted by atomic mass is 10.2. The van der Waals surface area contributed by atoms with Crippen LogP contribution in [0.3, 0.4) is 0 Å². The van der Waals surface area contributed by atoms with E-state index in [1.165, 1.54) is 6.07 Å². The van der Waals surface area contributed by atoms with E-state index in [1.54, 1.807) is 13.8 Å². The lowest BCUT2D eigenvalue weighted by molar-refractivity contribution is -0.269. The van der Waals surface area contributed by atoms with E-state index in [2.05, 4.69) is 9.72 Å². The van der Waals surface area contributed by atoms with Crippen LogP contribution in [-0.2, 0) is 4.74 Å². The van der Waals surface area contributed by atoms with Gasteiger partial charge in [0.1, 0.15) is 5.56 Å². The predicted octanol–water partition coefficient (Wildman–Crippen LogP) is -0.0664. The number of carbonyl (C=O) groups excluding carboxylic acids is 1. The van der Waals surface area contributed by atoms with Gasteiger partial charge < -0.3 is 14.8 Å². The van der Waals surface area contributed by atoms with Crippen LogP contribution in [0.5, 0.6) is 5.75 Å². The summed E-state index contributed by atoms with van der Waals surface area (Å²) in [5.74, 6) is -1.48. The molecule has 0 aromatic carbocycles. The molecule has 5 heteroatoms. The largest absolute Gasteiger partial charge is 0.872 e. The Morgan fingerprint density at radius 3 is 2.79 bits per heavy atom. The summed E-state index contributed by atoms with van der Waals surface area (Å²) in [5, 5.41) is 11.3. The first-order valence-corrected chi connectivity index (χ1v) is 4.14. The smallest absolute Gasteiger partial charge is 0.343 e. The highest BCUT2D eigenvalue weighted by Gasteiger charge is 2.12. The number of carbonyl (C=O) groups is 1. The van der Waals surface area contributed by atoms with Gasteiger partial charge in [-0.25, -0.2) is 4.79 Å². The van der Waals surface area contributed by atoms with Crippen LogP contribution >= 0.6 is 0 Å². The number of aromatic amines is 1. The summed E-state index contributed by atoms with van der Waals surface area (Å²) >= 11 is 0. The summed E-state index contributed by atoms with van der Waals surface area (Å²) in [7, 11) is 0. The fourth-order valence-corrected chi connectivity index (χ4v) is 1.05. The van der Waals surface area contributed by atoms with E-state index in [4.69, 9.17) is 0 Å². The van der Waals surface area contributed by atoms with Crippen molar-refractivity contribution in [2.24, 2.45) is 0 Å². The molecule has 0 spiro atoms. The molecule has 1 N–H and O–H groups in total. The minimum atomic E-state index is -0.876. The quantitative estimate of drug-likeness (QED) is 0.671. The molecule has 0 saturated heterocycles. The second kappa shape index (κ2) is 3.95. The molecule has 0 aliphatic heterocycles. The topological polar surface area (TPSA) is 82.2 Å². The average Bonchev–Trinajstić information content (AvgIpc) is 2.01. The lowest BCUT2D eigenvalue weighted by Gasteiger charge is -2.11. The third-order valence-electron chi connectivity index (χ3n) is 1.61. The molecule has 1 rings (SSSR count). The second-order valence-electron chi connectivity index (χ2n) is 2.74. The number of nitrogens with one attached hydrogen (secondary N) is 1. The number of esters is 1. The monoisotopic (exact) mass is 196 g/mol. The van der Waals surface area contributed by atoms with Crippen molar-refractivity contribution in [3.8, 4) is 5.75 Å². The van der Waals surface area contributed by atoms with E-state index in [9.17, 15) is 14.7 Å².